The second-order valence-corrected chi connectivity index (χ2v) is 9.87. The van der Waals surface area contributed by atoms with Gasteiger partial charge in [-0.25, -0.2) is 18.5 Å². The molecule has 3 aromatic carbocycles. The van der Waals surface area contributed by atoms with E-state index in [0.717, 1.165) is 4.57 Å². The Kier molecular flexibility index (Phi) is 8.73. The van der Waals surface area contributed by atoms with Crippen molar-refractivity contribution in [2.45, 2.75) is 25.9 Å². The lowest BCUT2D eigenvalue weighted by atomic mass is 10.0. The van der Waals surface area contributed by atoms with Crippen molar-refractivity contribution in [2.24, 2.45) is 7.05 Å². The largest absolute Gasteiger partial charge is 0.480 e. The minimum atomic E-state index is -1.31. The van der Waals surface area contributed by atoms with Crippen LogP contribution >= 0.6 is 23.2 Å². The Morgan fingerprint density at radius 3 is 2.30 bits per heavy atom. The summed E-state index contributed by atoms with van der Waals surface area (Å²) in [7, 11) is 1.45. The highest BCUT2D eigenvalue weighted by Crippen LogP contribution is 2.24. The molecule has 0 saturated carbocycles. The molecule has 40 heavy (non-hydrogen) atoms. The molecule has 0 fully saturated rings. The number of aromatic nitrogens is 2. The molecule has 0 aliphatic rings. The van der Waals surface area contributed by atoms with Crippen molar-refractivity contribution in [3.05, 3.63) is 108 Å². The van der Waals surface area contributed by atoms with Crippen molar-refractivity contribution in [1.29, 1.82) is 0 Å². The number of rotatable bonds is 9. The van der Waals surface area contributed by atoms with Gasteiger partial charge in [0.1, 0.15) is 11.9 Å². The number of nitrogens with zero attached hydrogens (tertiary/aromatic N) is 2. The van der Waals surface area contributed by atoms with E-state index < -0.39 is 35.0 Å². The van der Waals surface area contributed by atoms with Crippen LogP contribution in [0, 0.1) is 5.82 Å². The Morgan fingerprint density at radius 2 is 1.70 bits per heavy atom. The summed E-state index contributed by atoms with van der Waals surface area (Å²) >= 11 is 12.1. The number of carbonyl (C=O) groups excluding carboxylic acids is 1. The molecule has 0 saturated heterocycles. The second-order valence-electron chi connectivity index (χ2n) is 9.05. The predicted octanol–water partition coefficient (Wildman–Crippen LogP) is 3.67. The first-order valence-corrected chi connectivity index (χ1v) is 13.0. The lowest BCUT2D eigenvalue weighted by molar-refractivity contribution is -0.139. The van der Waals surface area contributed by atoms with Gasteiger partial charge in [0.25, 0.3) is 11.5 Å². The van der Waals surface area contributed by atoms with Crippen molar-refractivity contribution in [3.63, 3.8) is 0 Å². The fourth-order valence-corrected chi connectivity index (χ4v) is 4.87. The van der Waals surface area contributed by atoms with Gasteiger partial charge in [0.15, 0.2) is 0 Å². The van der Waals surface area contributed by atoms with Gasteiger partial charge in [-0.05, 0) is 48.5 Å². The number of fused-ring (bicyclic) bond motifs is 1. The summed E-state index contributed by atoms with van der Waals surface area (Å²) in [6.07, 6.45) is -0.0961. The van der Waals surface area contributed by atoms with E-state index in [9.17, 15) is 28.7 Å². The summed E-state index contributed by atoms with van der Waals surface area (Å²) in [4.78, 5) is 51.0. The standard InChI is InChI=1S/C28H25Cl2FN4O5/c1-3-32-14-16-12-18-23(13-21(16)31)34(2)28(40)35(26(18)37)17-9-7-15(8-10-17)11-22(27(38)39)33-25(36)24-19(29)5-4-6-20(24)30/h4-10,12-13,22,32H,3,11,14H2,1-2H3,(H,33,36)(H,38,39)/t22-/m0/s1. The van der Waals surface area contributed by atoms with Crippen molar-refractivity contribution in [1.82, 2.24) is 19.8 Å². The van der Waals surface area contributed by atoms with Gasteiger partial charge in [-0.15, -0.1) is 0 Å². The fourth-order valence-electron chi connectivity index (χ4n) is 4.30. The number of carboxylic acid groups (broad SMARTS) is 1. The number of carbonyl (C=O) groups is 2. The van der Waals surface area contributed by atoms with Crippen LogP contribution in [0.2, 0.25) is 10.0 Å². The normalized spacial score (nSPS) is 11.9. The van der Waals surface area contributed by atoms with E-state index in [2.05, 4.69) is 10.6 Å². The van der Waals surface area contributed by atoms with E-state index in [0.29, 0.717) is 17.7 Å². The molecule has 0 radical (unpaired) electrons. The number of aryl methyl sites for hydroxylation is 1. The smallest absolute Gasteiger partial charge is 0.335 e. The van der Waals surface area contributed by atoms with Crippen LogP contribution in [0.3, 0.4) is 0 Å². The maximum atomic E-state index is 14.6. The number of halogens is 3. The molecule has 9 nitrogen and oxygen atoms in total. The van der Waals surface area contributed by atoms with Gasteiger partial charge in [0.2, 0.25) is 0 Å². The Hall–Kier alpha value is -3.99. The molecule has 208 valence electrons. The molecule has 1 amide bonds. The van der Waals surface area contributed by atoms with E-state index in [1.165, 1.54) is 48.0 Å². The van der Waals surface area contributed by atoms with Gasteiger partial charge in [0, 0.05) is 25.6 Å². The second kappa shape index (κ2) is 12.0. The Labute approximate surface area is 237 Å². The van der Waals surface area contributed by atoms with Gasteiger partial charge in [-0.2, -0.15) is 0 Å². The highest BCUT2D eigenvalue weighted by Gasteiger charge is 2.24. The zero-order valence-electron chi connectivity index (χ0n) is 21.5. The lowest BCUT2D eigenvalue weighted by Gasteiger charge is -2.16. The first-order chi connectivity index (χ1) is 19.0. The minimum Gasteiger partial charge on any atom is -0.480 e. The van der Waals surface area contributed by atoms with Crippen LogP contribution in [0.5, 0.6) is 0 Å². The molecule has 0 bridgehead atoms. The molecular formula is C28H25Cl2FN4O5. The zero-order valence-corrected chi connectivity index (χ0v) is 23.0. The quantitative estimate of drug-likeness (QED) is 0.275. The number of nitrogens with one attached hydrogen (secondary N) is 2. The highest BCUT2D eigenvalue weighted by atomic mass is 35.5. The maximum absolute atomic E-state index is 14.6. The number of hydrogen-bond acceptors (Lipinski definition) is 5. The van der Waals surface area contributed by atoms with E-state index >= 15 is 0 Å². The van der Waals surface area contributed by atoms with Crippen LogP contribution in [0.25, 0.3) is 16.6 Å². The third-order valence-electron chi connectivity index (χ3n) is 6.43. The van der Waals surface area contributed by atoms with Crippen molar-refractivity contribution >= 4 is 46.0 Å². The third-order valence-corrected chi connectivity index (χ3v) is 7.06. The van der Waals surface area contributed by atoms with Crippen LogP contribution in [0.1, 0.15) is 28.4 Å². The van der Waals surface area contributed by atoms with Gasteiger partial charge >= 0.3 is 11.7 Å². The summed E-state index contributed by atoms with van der Waals surface area (Å²) in [6.45, 7) is 2.71. The van der Waals surface area contributed by atoms with E-state index in [1.807, 2.05) is 6.92 Å². The number of hydrogen-bond donors (Lipinski definition) is 3. The summed E-state index contributed by atoms with van der Waals surface area (Å²) in [6, 6.07) is 11.9. The Morgan fingerprint density at radius 1 is 1.05 bits per heavy atom. The van der Waals surface area contributed by atoms with E-state index in [-0.39, 0.29) is 45.2 Å². The monoisotopic (exact) mass is 586 g/mol. The fraction of sp³-hybridized carbons (Fsp3) is 0.214. The zero-order chi connectivity index (χ0) is 29.1. The number of aliphatic carboxylic acids is 1. The molecule has 0 aliphatic heterocycles. The molecule has 4 aromatic rings. The van der Waals surface area contributed by atoms with Gasteiger partial charge in [0.05, 0.1) is 32.2 Å². The van der Waals surface area contributed by atoms with Crippen molar-refractivity contribution < 1.29 is 19.1 Å². The molecule has 1 aromatic heterocycles. The molecule has 1 heterocycles. The van der Waals surface area contributed by atoms with Gasteiger partial charge in [-0.1, -0.05) is 48.3 Å². The average Bonchev–Trinajstić information content (AvgIpc) is 2.91. The summed E-state index contributed by atoms with van der Waals surface area (Å²) in [5.41, 5.74) is -0.0965. The first-order valence-electron chi connectivity index (χ1n) is 12.2. The van der Waals surface area contributed by atoms with Crippen molar-refractivity contribution in [3.8, 4) is 5.69 Å². The van der Waals surface area contributed by atoms with Crippen molar-refractivity contribution in [2.75, 3.05) is 6.54 Å². The number of amides is 1. The molecule has 0 spiro atoms. The molecule has 0 aliphatic carbocycles. The average molecular weight is 587 g/mol. The highest BCUT2D eigenvalue weighted by molar-refractivity contribution is 6.39. The number of benzene rings is 3. The van der Waals surface area contributed by atoms with E-state index in [4.69, 9.17) is 23.2 Å². The van der Waals surface area contributed by atoms with Crippen LogP contribution in [-0.2, 0) is 24.8 Å². The van der Waals surface area contributed by atoms with Crippen LogP contribution in [0.4, 0.5) is 4.39 Å². The molecule has 1 atom stereocenters. The topological polar surface area (TPSA) is 122 Å². The molecule has 4 rings (SSSR count). The Balaban J connectivity index is 1.65. The Bertz CT molecular complexity index is 1710. The summed E-state index contributed by atoms with van der Waals surface area (Å²) in [5, 5.41) is 15.5. The van der Waals surface area contributed by atoms with Crippen LogP contribution in [0.15, 0.2) is 64.2 Å². The van der Waals surface area contributed by atoms with E-state index in [1.54, 1.807) is 18.2 Å². The first kappa shape index (κ1) is 29.0. The minimum absolute atomic E-state index is 0.0348. The predicted molar refractivity (Wildman–Crippen MR) is 151 cm³/mol. The molecular weight excluding hydrogens is 562 g/mol. The van der Waals surface area contributed by atoms with Gasteiger partial charge < -0.3 is 15.7 Å². The summed E-state index contributed by atoms with van der Waals surface area (Å²) < 4.78 is 16.7. The van der Waals surface area contributed by atoms with Gasteiger partial charge in [-0.3, -0.25) is 14.2 Å². The molecule has 0 unspecified atom stereocenters. The SMILES string of the molecule is CCNCc1cc2c(=O)n(-c3ccc(C[C@H](NC(=O)c4c(Cl)cccc4Cl)C(=O)O)cc3)c(=O)n(C)c2cc1F. The molecule has 3 N–H and O–H groups in total. The maximum Gasteiger partial charge on any atom is 0.335 e. The molecule has 12 heteroatoms. The van der Waals surface area contributed by atoms with Crippen LogP contribution in [-0.4, -0.2) is 38.7 Å². The third kappa shape index (κ3) is 5.79. The van der Waals surface area contributed by atoms with Crippen LogP contribution < -0.4 is 21.9 Å². The number of carboxylic acids is 1. The summed E-state index contributed by atoms with van der Waals surface area (Å²) in [5.74, 6) is -2.54. The lowest BCUT2D eigenvalue weighted by Crippen LogP contribution is -2.42.